The molecule has 0 spiro atoms. The van der Waals surface area contributed by atoms with Gasteiger partial charge in [-0.05, 0) is 30.2 Å². The van der Waals surface area contributed by atoms with E-state index in [1.165, 1.54) is 40.9 Å². The summed E-state index contributed by atoms with van der Waals surface area (Å²) in [5.74, 6) is -1.71. The Balaban J connectivity index is 1.74. The molecule has 2 aliphatic heterocycles. The van der Waals surface area contributed by atoms with Crippen LogP contribution in [0.3, 0.4) is 0 Å². The van der Waals surface area contributed by atoms with Crippen LogP contribution in [0.25, 0.3) is 0 Å². The molecule has 3 rings (SSSR count). The molecule has 0 radical (unpaired) electrons. The Morgan fingerprint density at radius 2 is 2.04 bits per heavy atom. The van der Waals surface area contributed by atoms with Gasteiger partial charge >= 0.3 is 5.97 Å². The summed E-state index contributed by atoms with van der Waals surface area (Å²) in [7, 11) is 0. The second kappa shape index (κ2) is 7.45. The topological polar surface area (TPSA) is 133 Å². The Hall–Kier alpha value is -2.78. The molecule has 5 N–H and O–H groups in total. The number of aromatic hydroxyl groups is 1. The number of phenolic OH excluding ortho intramolecular Hbond substituents is 1. The highest BCUT2D eigenvalue weighted by atomic mass is 32.2. The number of fused-ring (bicyclic) bond motifs is 1. The summed E-state index contributed by atoms with van der Waals surface area (Å²) in [5.41, 5.74) is 6.93. The highest BCUT2D eigenvalue weighted by molar-refractivity contribution is 8.00. The third-order valence-corrected chi connectivity index (χ3v) is 5.70. The van der Waals surface area contributed by atoms with Crippen molar-refractivity contribution in [3.63, 3.8) is 0 Å². The van der Waals surface area contributed by atoms with Crippen LogP contribution in [-0.2, 0) is 14.4 Å². The molecule has 2 aliphatic rings. The molecule has 0 aliphatic carbocycles. The number of carbonyl (C=O) groups is 3. The number of phenols is 1. The fourth-order valence-electron chi connectivity index (χ4n) is 3.05. The number of nitrogens with zero attached hydrogens (tertiary/aromatic N) is 1. The summed E-state index contributed by atoms with van der Waals surface area (Å²) in [6, 6.07) is 4.06. The number of β-lactam (4-membered cyclic amide) rings is 1. The van der Waals surface area contributed by atoms with E-state index in [2.05, 4.69) is 5.32 Å². The summed E-state index contributed by atoms with van der Waals surface area (Å²) >= 11 is 1.39. The average molecular weight is 389 g/mol. The molecule has 2 amide bonds. The monoisotopic (exact) mass is 389 g/mol. The molecule has 3 atom stereocenters. The minimum Gasteiger partial charge on any atom is -0.508 e. The lowest BCUT2D eigenvalue weighted by Crippen LogP contribution is -2.71. The second-order valence-corrected chi connectivity index (χ2v) is 7.25. The molecular weight excluding hydrogens is 370 g/mol. The maximum Gasteiger partial charge on any atom is 0.352 e. The number of carbonyl (C=O) groups excluding carboxylic acids is 2. The van der Waals surface area contributed by atoms with Gasteiger partial charge in [0, 0.05) is 5.75 Å². The van der Waals surface area contributed by atoms with Crippen molar-refractivity contribution < 1.29 is 24.6 Å². The van der Waals surface area contributed by atoms with Crippen molar-refractivity contribution in [1.82, 2.24) is 10.2 Å². The van der Waals surface area contributed by atoms with Crippen molar-refractivity contribution in [2.75, 3.05) is 5.75 Å². The van der Waals surface area contributed by atoms with Gasteiger partial charge in [0.25, 0.3) is 5.91 Å². The smallest absolute Gasteiger partial charge is 0.352 e. The maximum absolute atomic E-state index is 12.5. The molecule has 8 nitrogen and oxygen atoms in total. The number of hydrogen-bond donors (Lipinski definition) is 4. The van der Waals surface area contributed by atoms with Crippen LogP contribution < -0.4 is 11.1 Å². The number of benzene rings is 1. The fourth-order valence-corrected chi connectivity index (χ4v) is 4.37. The predicted octanol–water partition coefficient (Wildman–Crippen LogP) is 0.707. The molecule has 9 heteroatoms. The van der Waals surface area contributed by atoms with Crippen LogP contribution in [0.2, 0.25) is 0 Å². The first-order valence-corrected chi connectivity index (χ1v) is 9.28. The van der Waals surface area contributed by atoms with Gasteiger partial charge in [0.15, 0.2) is 0 Å². The Kier molecular flexibility index (Phi) is 5.24. The van der Waals surface area contributed by atoms with E-state index in [-0.39, 0.29) is 11.4 Å². The molecule has 0 bridgehead atoms. The minimum atomic E-state index is -1.17. The molecule has 1 saturated heterocycles. The van der Waals surface area contributed by atoms with Crippen LogP contribution in [0, 0.1) is 0 Å². The number of nitrogens with one attached hydrogen (secondary N) is 1. The lowest BCUT2D eigenvalue weighted by Gasteiger charge is -2.49. The van der Waals surface area contributed by atoms with E-state index in [1.807, 2.05) is 0 Å². The molecular formula is C18H19N3O5S. The summed E-state index contributed by atoms with van der Waals surface area (Å²) < 4.78 is 0. The summed E-state index contributed by atoms with van der Waals surface area (Å²) in [6.07, 6.45) is 3.39. The predicted molar refractivity (Wildman–Crippen MR) is 99.5 cm³/mol. The van der Waals surface area contributed by atoms with Crippen molar-refractivity contribution in [1.29, 1.82) is 0 Å². The lowest BCUT2D eigenvalue weighted by atomic mass is 10.0. The van der Waals surface area contributed by atoms with E-state index in [0.717, 1.165) is 0 Å². The van der Waals surface area contributed by atoms with Gasteiger partial charge in [-0.1, -0.05) is 24.3 Å². The van der Waals surface area contributed by atoms with Gasteiger partial charge in [-0.3, -0.25) is 14.5 Å². The van der Waals surface area contributed by atoms with Crippen LogP contribution in [0.5, 0.6) is 5.75 Å². The maximum atomic E-state index is 12.5. The standard InChI is InChI=1S/C18H19N3O5S/c1-2-3-10-8-27-17-13(16(24)21(17)14(10)18(25)26)20-15(23)12(19)9-4-6-11(22)7-5-9/h2-7,12-13,17,22H,8,19H2,1H3,(H,20,23)(H,25,26)/b3-2-/t12-,13?,17-/m1/s1. The van der Waals surface area contributed by atoms with E-state index < -0.39 is 35.2 Å². The van der Waals surface area contributed by atoms with Crippen molar-refractivity contribution in [2.45, 2.75) is 24.4 Å². The third-order valence-electron chi connectivity index (χ3n) is 4.40. The normalized spacial score (nSPS) is 23.0. The highest BCUT2D eigenvalue weighted by Crippen LogP contribution is 2.40. The lowest BCUT2D eigenvalue weighted by molar-refractivity contribution is -0.150. The molecule has 142 valence electrons. The Morgan fingerprint density at radius 1 is 1.37 bits per heavy atom. The van der Waals surface area contributed by atoms with Crippen molar-refractivity contribution >= 4 is 29.5 Å². The zero-order valence-electron chi connectivity index (χ0n) is 14.5. The Bertz CT molecular complexity index is 849. The molecule has 1 fully saturated rings. The van der Waals surface area contributed by atoms with Gasteiger partial charge in [-0.2, -0.15) is 0 Å². The summed E-state index contributed by atoms with van der Waals surface area (Å²) in [5, 5.41) is 20.9. The van der Waals surface area contributed by atoms with Crippen molar-refractivity contribution in [2.24, 2.45) is 5.73 Å². The number of amides is 2. The molecule has 1 unspecified atom stereocenters. The Morgan fingerprint density at radius 3 is 2.63 bits per heavy atom. The van der Waals surface area contributed by atoms with Crippen LogP contribution in [0.15, 0.2) is 47.7 Å². The number of hydrogen-bond acceptors (Lipinski definition) is 6. The SMILES string of the molecule is C/C=C\C1=C(C(=O)O)N2C(=O)C(NC(=O)[C@H](N)c3ccc(O)cc3)[C@H]2SC1. The summed E-state index contributed by atoms with van der Waals surface area (Å²) in [4.78, 5) is 37.7. The number of rotatable bonds is 5. The molecule has 0 saturated carbocycles. The first-order valence-electron chi connectivity index (χ1n) is 8.24. The second-order valence-electron chi connectivity index (χ2n) is 6.14. The molecule has 1 aromatic carbocycles. The number of nitrogens with two attached hydrogens (primary N) is 1. The van der Waals surface area contributed by atoms with Crippen LogP contribution in [0.1, 0.15) is 18.5 Å². The quantitative estimate of drug-likeness (QED) is 0.545. The molecule has 0 aromatic heterocycles. The van der Waals surface area contributed by atoms with Crippen LogP contribution in [-0.4, -0.2) is 50.1 Å². The minimum absolute atomic E-state index is 0.0461. The summed E-state index contributed by atoms with van der Waals surface area (Å²) in [6.45, 7) is 1.77. The number of aliphatic carboxylic acids is 1. The van der Waals surface area contributed by atoms with Gasteiger partial charge in [-0.25, -0.2) is 4.79 Å². The molecule has 27 heavy (non-hydrogen) atoms. The number of allylic oxidation sites excluding steroid dienone is 2. The van der Waals surface area contributed by atoms with Gasteiger partial charge in [0.1, 0.15) is 28.9 Å². The zero-order valence-corrected chi connectivity index (χ0v) is 15.3. The zero-order chi connectivity index (χ0) is 19.7. The largest absolute Gasteiger partial charge is 0.508 e. The third kappa shape index (κ3) is 3.43. The van der Waals surface area contributed by atoms with E-state index in [9.17, 15) is 24.6 Å². The van der Waals surface area contributed by atoms with Gasteiger partial charge in [-0.15, -0.1) is 11.8 Å². The van der Waals surface area contributed by atoms with E-state index >= 15 is 0 Å². The molecule has 1 aromatic rings. The molecule has 2 heterocycles. The van der Waals surface area contributed by atoms with E-state index in [1.54, 1.807) is 19.1 Å². The van der Waals surface area contributed by atoms with Crippen LogP contribution in [0.4, 0.5) is 0 Å². The van der Waals surface area contributed by atoms with Gasteiger partial charge < -0.3 is 21.3 Å². The van der Waals surface area contributed by atoms with E-state index in [4.69, 9.17) is 5.73 Å². The highest BCUT2D eigenvalue weighted by Gasteiger charge is 2.54. The number of carboxylic acid groups (broad SMARTS) is 1. The Labute approximate surface area is 159 Å². The van der Waals surface area contributed by atoms with Crippen molar-refractivity contribution in [3.8, 4) is 5.75 Å². The van der Waals surface area contributed by atoms with Gasteiger partial charge in [0.05, 0.1) is 0 Å². The van der Waals surface area contributed by atoms with Gasteiger partial charge in [0.2, 0.25) is 5.91 Å². The average Bonchev–Trinajstić information content (AvgIpc) is 2.65. The van der Waals surface area contributed by atoms with Crippen molar-refractivity contribution in [3.05, 3.63) is 53.3 Å². The number of thioether (sulfide) groups is 1. The first-order chi connectivity index (χ1) is 12.8. The fraction of sp³-hybridized carbons (Fsp3) is 0.278. The first kappa shape index (κ1) is 19.0. The number of carboxylic acids is 1. The van der Waals surface area contributed by atoms with Crippen LogP contribution >= 0.6 is 11.8 Å². The van der Waals surface area contributed by atoms with E-state index in [0.29, 0.717) is 16.9 Å².